The summed E-state index contributed by atoms with van der Waals surface area (Å²) in [6, 6.07) is 0. The summed E-state index contributed by atoms with van der Waals surface area (Å²) in [7, 11) is 0. The largest absolute Gasteiger partial charge is 0.508 e. The molecule has 0 aromatic carbocycles. The van der Waals surface area contributed by atoms with Gasteiger partial charge in [0.1, 0.15) is 11.4 Å². The summed E-state index contributed by atoms with van der Waals surface area (Å²) in [5.74, 6) is -0.202. The van der Waals surface area contributed by atoms with Gasteiger partial charge in [0.2, 0.25) is 0 Å². The summed E-state index contributed by atoms with van der Waals surface area (Å²) >= 11 is 0. The summed E-state index contributed by atoms with van der Waals surface area (Å²) in [6.07, 6.45) is 27.4. The predicted octanol–water partition coefficient (Wildman–Crippen LogP) is 8.90. The maximum absolute atomic E-state index is 13.0. The number of ether oxygens (including phenoxy) is 1. The molecule has 5 atom stereocenters. The van der Waals surface area contributed by atoms with Crippen molar-refractivity contribution in [3.63, 3.8) is 0 Å². The minimum Gasteiger partial charge on any atom is -0.508 e. The highest BCUT2D eigenvalue weighted by Crippen LogP contribution is 2.60. The minimum absolute atomic E-state index is 0.0501. The number of fused-ring (bicyclic) bond motifs is 2. The Kier molecular flexibility index (Phi) is 11.2. The van der Waals surface area contributed by atoms with E-state index in [-0.39, 0.29) is 28.5 Å². The van der Waals surface area contributed by atoms with Crippen molar-refractivity contribution < 1.29 is 24.9 Å². The van der Waals surface area contributed by atoms with Crippen LogP contribution in [0.3, 0.4) is 0 Å². The number of allylic oxidation sites excluding steroid dienone is 16. The van der Waals surface area contributed by atoms with E-state index in [1.807, 2.05) is 77.2 Å². The predicted molar refractivity (Wildman–Crippen MR) is 186 cm³/mol. The molecule has 5 nitrogen and oxygen atoms in total. The quantitative estimate of drug-likeness (QED) is 0.123. The van der Waals surface area contributed by atoms with Gasteiger partial charge in [-0.2, -0.15) is 0 Å². The number of carbonyl (C=O) groups is 1. The Morgan fingerprint density at radius 2 is 1.24 bits per heavy atom. The second-order valence-electron chi connectivity index (χ2n) is 15.2. The lowest BCUT2D eigenvalue weighted by atomic mass is 9.61. The van der Waals surface area contributed by atoms with Gasteiger partial charge in [-0.15, -0.1) is 0 Å². The van der Waals surface area contributed by atoms with Crippen molar-refractivity contribution in [1.82, 2.24) is 0 Å². The molecule has 246 valence electrons. The fraction of sp³-hybridized carbons (Fsp3) is 0.525. The Balaban J connectivity index is 1.53. The molecule has 0 aromatic rings. The molecule has 1 unspecified atom stereocenters. The maximum atomic E-state index is 13.0. The van der Waals surface area contributed by atoms with Gasteiger partial charge in [0.15, 0.2) is 5.78 Å². The monoisotopic (exact) mass is 616 g/mol. The lowest BCUT2D eigenvalue weighted by Crippen LogP contribution is -2.56. The van der Waals surface area contributed by atoms with Crippen LogP contribution in [0.5, 0.6) is 0 Å². The number of aliphatic hydroxyl groups excluding tert-OH is 2. The molecule has 0 amide bonds. The Morgan fingerprint density at radius 1 is 0.711 bits per heavy atom. The molecular weight excluding hydrogens is 560 g/mol. The second-order valence-corrected chi connectivity index (χ2v) is 15.2. The molecule has 0 aromatic heterocycles. The van der Waals surface area contributed by atoms with Crippen molar-refractivity contribution in [1.29, 1.82) is 0 Å². The standard InChI is InChI=1S/C40H56O5/c1-28(17-13-18-30(3)21-22-40-37(7,8)26-33(45-40)27-39(40,10)44)15-11-12-16-29(2)19-14-20-31(4)34(42)23-35(43)38(9)25-32(41)24-36(38,5)6/h11-23,32-33,41-42,44H,24-27H2,1-10H3/b12-11+,17-13+,19-14+,22-21+,28-15+,29-16+,30-18+,31-20+,34-23-/t32-,33+,38-,39-,40?/m1/s1. The highest BCUT2D eigenvalue weighted by molar-refractivity contribution is 5.96. The number of hydrogen-bond donors (Lipinski definition) is 3. The maximum Gasteiger partial charge on any atom is 0.165 e. The molecule has 3 N–H and O–H groups in total. The lowest BCUT2D eigenvalue weighted by molar-refractivity contribution is -0.127. The van der Waals surface area contributed by atoms with Crippen LogP contribution in [0.4, 0.5) is 0 Å². The molecule has 45 heavy (non-hydrogen) atoms. The number of carbonyl (C=O) groups excluding carboxylic acids is 1. The summed E-state index contributed by atoms with van der Waals surface area (Å²) in [6.45, 7) is 20.0. The molecule has 5 heteroatoms. The minimum atomic E-state index is -0.866. The van der Waals surface area contributed by atoms with Gasteiger partial charge in [-0.1, -0.05) is 118 Å². The molecule has 2 bridgehead atoms. The number of ketones is 1. The zero-order chi connectivity index (χ0) is 33.8. The van der Waals surface area contributed by atoms with Crippen LogP contribution in [0, 0.1) is 16.2 Å². The summed E-state index contributed by atoms with van der Waals surface area (Å²) in [4.78, 5) is 13.0. The normalized spacial score (nSPS) is 34.4. The second kappa shape index (κ2) is 13.8. The van der Waals surface area contributed by atoms with Crippen LogP contribution in [0.2, 0.25) is 0 Å². The number of hydrogen-bond acceptors (Lipinski definition) is 5. The summed E-state index contributed by atoms with van der Waals surface area (Å²) in [5.41, 5.74) is 1.16. The van der Waals surface area contributed by atoms with E-state index in [1.165, 1.54) is 6.08 Å². The van der Waals surface area contributed by atoms with Gasteiger partial charge in [-0.05, 0) is 70.9 Å². The molecule has 1 aliphatic carbocycles. The van der Waals surface area contributed by atoms with Crippen LogP contribution in [0.15, 0.2) is 107 Å². The van der Waals surface area contributed by atoms with Crippen LogP contribution >= 0.6 is 0 Å². The average Bonchev–Trinajstić information content (AvgIpc) is 3.42. The zero-order valence-electron chi connectivity index (χ0n) is 29.1. The van der Waals surface area contributed by atoms with Crippen LogP contribution in [-0.2, 0) is 9.53 Å². The Bertz CT molecular complexity index is 1380. The molecular formula is C40H56O5. The van der Waals surface area contributed by atoms with E-state index in [1.54, 1.807) is 13.0 Å². The third-order valence-corrected chi connectivity index (χ3v) is 10.5. The van der Waals surface area contributed by atoms with E-state index in [2.05, 4.69) is 52.0 Å². The third kappa shape index (κ3) is 8.06. The van der Waals surface area contributed by atoms with Crippen molar-refractivity contribution in [2.24, 2.45) is 16.2 Å². The fourth-order valence-corrected chi connectivity index (χ4v) is 7.27. The molecule has 0 spiro atoms. The third-order valence-electron chi connectivity index (χ3n) is 10.5. The molecule has 2 heterocycles. The molecule has 1 saturated carbocycles. The van der Waals surface area contributed by atoms with Crippen molar-refractivity contribution in [3.05, 3.63) is 107 Å². The van der Waals surface area contributed by atoms with E-state index in [4.69, 9.17) is 4.74 Å². The first-order valence-electron chi connectivity index (χ1n) is 16.2. The topological polar surface area (TPSA) is 87.0 Å². The zero-order valence-corrected chi connectivity index (χ0v) is 29.1. The molecule has 3 aliphatic rings. The molecule has 2 saturated heterocycles. The Labute approximate surface area is 271 Å². The van der Waals surface area contributed by atoms with Crippen LogP contribution < -0.4 is 0 Å². The SMILES string of the molecule is CC(/C=C/C=C(C)/C=C/C12O[C@@H](CC1(C)C)C[C@@]2(C)O)=C\C=C\C=C(C)\C=C\C=C(C)\C(O)=C\C(=O)[C@@]1(C)C[C@H](O)CC1(C)C. The van der Waals surface area contributed by atoms with E-state index < -0.39 is 22.7 Å². The molecule has 3 fully saturated rings. The van der Waals surface area contributed by atoms with Gasteiger partial charge in [0, 0.05) is 23.3 Å². The van der Waals surface area contributed by atoms with Crippen molar-refractivity contribution in [3.8, 4) is 0 Å². The van der Waals surface area contributed by atoms with Gasteiger partial charge in [-0.25, -0.2) is 0 Å². The van der Waals surface area contributed by atoms with E-state index in [9.17, 15) is 20.1 Å². The van der Waals surface area contributed by atoms with E-state index in [0.29, 0.717) is 24.8 Å². The fourth-order valence-electron chi connectivity index (χ4n) is 7.27. The first kappa shape index (κ1) is 36.5. The van der Waals surface area contributed by atoms with Gasteiger partial charge < -0.3 is 20.1 Å². The van der Waals surface area contributed by atoms with Crippen LogP contribution in [0.25, 0.3) is 0 Å². The smallest absolute Gasteiger partial charge is 0.165 e. The van der Waals surface area contributed by atoms with Gasteiger partial charge >= 0.3 is 0 Å². The van der Waals surface area contributed by atoms with Crippen LogP contribution in [-0.4, -0.2) is 44.5 Å². The van der Waals surface area contributed by atoms with Crippen molar-refractivity contribution in [2.75, 3.05) is 0 Å². The van der Waals surface area contributed by atoms with Gasteiger partial charge in [0.05, 0.1) is 17.8 Å². The first-order chi connectivity index (χ1) is 20.8. The van der Waals surface area contributed by atoms with Crippen molar-refractivity contribution in [2.45, 2.75) is 118 Å². The Morgan fingerprint density at radius 3 is 1.76 bits per heavy atom. The van der Waals surface area contributed by atoms with Gasteiger partial charge in [0.25, 0.3) is 0 Å². The molecule has 2 aliphatic heterocycles. The average molecular weight is 617 g/mol. The molecule has 0 radical (unpaired) electrons. The van der Waals surface area contributed by atoms with E-state index in [0.717, 1.165) is 23.1 Å². The van der Waals surface area contributed by atoms with E-state index >= 15 is 0 Å². The highest BCUT2D eigenvalue weighted by atomic mass is 16.5. The Hall–Kier alpha value is -2.99. The first-order valence-corrected chi connectivity index (χ1v) is 16.2. The van der Waals surface area contributed by atoms with Crippen LogP contribution in [0.1, 0.15) is 94.9 Å². The lowest BCUT2D eigenvalue weighted by Gasteiger charge is -2.46. The van der Waals surface area contributed by atoms with Crippen molar-refractivity contribution >= 4 is 5.78 Å². The number of rotatable bonds is 11. The molecule has 3 rings (SSSR count). The number of aliphatic hydroxyl groups is 3. The highest BCUT2D eigenvalue weighted by Gasteiger charge is 2.67. The summed E-state index contributed by atoms with van der Waals surface area (Å²) in [5, 5.41) is 31.7. The van der Waals surface area contributed by atoms with Gasteiger partial charge in [-0.3, -0.25) is 4.79 Å². The summed E-state index contributed by atoms with van der Waals surface area (Å²) < 4.78 is 6.30.